The van der Waals surface area contributed by atoms with E-state index in [1.54, 1.807) is 0 Å². The van der Waals surface area contributed by atoms with Gasteiger partial charge < -0.3 is 4.74 Å². The molecule has 24 heavy (non-hydrogen) atoms. The monoisotopic (exact) mass is 325 g/mol. The molecule has 0 spiro atoms. The van der Waals surface area contributed by atoms with Gasteiger partial charge in [0.15, 0.2) is 0 Å². The maximum atomic E-state index is 11.4. The van der Waals surface area contributed by atoms with E-state index in [0.717, 1.165) is 17.2 Å². The fourth-order valence-electron chi connectivity index (χ4n) is 2.52. The highest BCUT2D eigenvalue weighted by Gasteiger charge is 2.29. The van der Waals surface area contributed by atoms with Gasteiger partial charge in [-0.25, -0.2) is 0 Å². The van der Waals surface area contributed by atoms with Gasteiger partial charge in [0, 0.05) is 12.8 Å². The summed E-state index contributed by atoms with van der Waals surface area (Å²) in [5.41, 5.74) is 2.47. The number of ether oxygens (including phenoxy) is 1. The Morgan fingerprint density at radius 1 is 0.792 bits per heavy atom. The summed E-state index contributed by atoms with van der Waals surface area (Å²) in [7, 11) is 0. The van der Waals surface area contributed by atoms with Crippen LogP contribution < -0.4 is 4.74 Å². The zero-order valence-corrected chi connectivity index (χ0v) is 13.3. The van der Waals surface area contributed by atoms with Gasteiger partial charge in [0.25, 0.3) is 11.8 Å². The van der Waals surface area contributed by atoms with Crippen molar-refractivity contribution in [1.82, 2.24) is 5.06 Å². The standard InChI is InChI=1S/C19H19NO4/c21-18-10-11-19(22)20(18)24-13-12-23-17-8-6-16(7-9-17)14-15-4-2-1-3-5-15/h1-9H,10-14H2. The van der Waals surface area contributed by atoms with Crippen LogP contribution in [0, 0.1) is 0 Å². The summed E-state index contributed by atoms with van der Waals surface area (Å²) >= 11 is 0. The predicted octanol–water partition coefficient (Wildman–Crippen LogP) is 2.74. The van der Waals surface area contributed by atoms with E-state index >= 15 is 0 Å². The van der Waals surface area contributed by atoms with Crippen LogP contribution in [0.2, 0.25) is 0 Å². The third kappa shape index (κ3) is 4.20. The number of imide groups is 1. The van der Waals surface area contributed by atoms with Crippen molar-refractivity contribution in [3.8, 4) is 5.75 Å². The van der Waals surface area contributed by atoms with Gasteiger partial charge >= 0.3 is 0 Å². The number of hydrogen-bond donors (Lipinski definition) is 0. The van der Waals surface area contributed by atoms with Crippen LogP contribution >= 0.6 is 0 Å². The van der Waals surface area contributed by atoms with Crippen molar-refractivity contribution < 1.29 is 19.2 Å². The van der Waals surface area contributed by atoms with E-state index in [1.807, 2.05) is 42.5 Å². The van der Waals surface area contributed by atoms with Gasteiger partial charge in [-0.2, -0.15) is 5.06 Å². The summed E-state index contributed by atoms with van der Waals surface area (Å²) < 4.78 is 5.57. The second kappa shape index (κ2) is 7.75. The quantitative estimate of drug-likeness (QED) is 0.580. The minimum absolute atomic E-state index is 0.156. The van der Waals surface area contributed by atoms with Gasteiger partial charge in [-0.05, 0) is 29.7 Å². The number of amides is 2. The van der Waals surface area contributed by atoms with Gasteiger partial charge in [0.2, 0.25) is 0 Å². The summed E-state index contributed by atoms with van der Waals surface area (Å²) in [5.74, 6) is 0.157. The van der Waals surface area contributed by atoms with Crippen molar-refractivity contribution in [1.29, 1.82) is 0 Å². The predicted molar refractivity (Wildman–Crippen MR) is 88.2 cm³/mol. The maximum absolute atomic E-state index is 11.4. The second-order valence-corrected chi connectivity index (χ2v) is 5.57. The minimum Gasteiger partial charge on any atom is -0.491 e. The van der Waals surface area contributed by atoms with Gasteiger partial charge in [-0.3, -0.25) is 14.4 Å². The van der Waals surface area contributed by atoms with Crippen LogP contribution in [0.15, 0.2) is 54.6 Å². The van der Waals surface area contributed by atoms with Crippen molar-refractivity contribution in [3.63, 3.8) is 0 Å². The molecule has 5 heteroatoms. The molecule has 0 saturated carbocycles. The van der Waals surface area contributed by atoms with Gasteiger partial charge in [0.05, 0.1) is 0 Å². The summed E-state index contributed by atoms with van der Waals surface area (Å²) in [4.78, 5) is 27.9. The Balaban J connectivity index is 1.43. The number of nitrogens with zero attached hydrogens (tertiary/aromatic N) is 1. The molecule has 2 amide bonds. The molecule has 1 aliphatic rings. The van der Waals surface area contributed by atoms with Crippen molar-refractivity contribution in [2.75, 3.05) is 13.2 Å². The molecular formula is C19H19NO4. The van der Waals surface area contributed by atoms with Crippen molar-refractivity contribution in [2.45, 2.75) is 19.3 Å². The molecule has 124 valence electrons. The lowest BCUT2D eigenvalue weighted by Gasteiger charge is -2.13. The first-order valence-electron chi connectivity index (χ1n) is 7.97. The smallest absolute Gasteiger partial charge is 0.253 e. The highest BCUT2D eigenvalue weighted by atomic mass is 16.7. The van der Waals surface area contributed by atoms with Crippen LogP contribution in [0.25, 0.3) is 0 Å². The zero-order chi connectivity index (χ0) is 16.8. The van der Waals surface area contributed by atoms with Crippen LogP contribution in [-0.4, -0.2) is 30.1 Å². The summed E-state index contributed by atoms with van der Waals surface area (Å²) in [5, 5.41) is 0.840. The fourth-order valence-corrected chi connectivity index (χ4v) is 2.52. The molecule has 3 rings (SSSR count). The number of rotatable bonds is 7. The minimum atomic E-state index is -0.287. The molecule has 0 aromatic heterocycles. The van der Waals surface area contributed by atoms with Crippen LogP contribution in [0.4, 0.5) is 0 Å². The molecule has 2 aromatic carbocycles. The van der Waals surface area contributed by atoms with Crippen molar-refractivity contribution in [3.05, 3.63) is 65.7 Å². The fraction of sp³-hybridized carbons (Fsp3) is 0.263. The molecular weight excluding hydrogens is 306 g/mol. The third-order valence-corrected chi connectivity index (χ3v) is 3.75. The van der Waals surface area contributed by atoms with Crippen molar-refractivity contribution in [2.24, 2.45) is 0 Å². The lowest BCUT2D eigenvalue weighted by Crippen LogP contribution is -2.30. The van der Waals surface area contributed by atoms with Crippen LogP contribution in [-0.2, 0) is 20.8 Å². The Morgan fingerprint density at radius 3 is 2.08 bits per heavy atom. The lowest BCUT2D eigenvalue weighted by molar-refractivity contribution is -0.189. The molecule has 0 N–H and O–H groups in total. The number of hydrogen-bond acceptors (Lipinski definition) is 4. The molecule has 0 unspecified atom stereocenters. The molecule has 0 atom stereocenters. The van der Waals surface area contributed by atoms with E-state index in [9.17, 15) is 9.59 Å². The molecule has 5 nitrogen and oxygen atoms in total. The van der Waals surface area contributed by atoms with Crippen molar-refractivity contribution >= 4 is 11.8 Å². The molecule has 0 bridgehead atoms. The normalized spacial score (nSPS) is 14.2. The Bertz CT molecular complexity index is 681. The molecule has 0 radical (unpaired) electrons. The van der Waals surface area contributed by atoms with E-state index in [0.29, 0.717) is 0 Å². The maximum Gasteiger partial charge on any atom is 0.253 e. The summed E-state index contributed by atoms with van der Waals surface area (Å²) in [6, 6.07) is 18.1. The van der Waals surface area contributed by atoms with E-state index in [4.69, 9.17) is 9.57 Å². The average Bonchev–Trinajstić information content (AvgIpc) is 2.93. The number of carbonyl (C=O) groups is 2. The summed E-state index contributed by atoms with van der Waals surface area (Å²) in [6.45, 7) is 0.429. The lowest BCUT2D eigenvalue weighted by atomic mass is 10.1. The van der Waals surface area contributed by atoms with Crippen LogP contribution in [0.5, 0.6) is 5.75 Å². The Hall–Kier alpha value is -2.66. The second-order valence-electron chi connectivity index (χ2n) is 5.57. The Morgan fingerprint density at radius 2 is 1.42 bits per heavy atom. The zero-order valence-electron chi connectivity index (χ0n) is 13.3. The highest BCUT2D eigenvalue weighted by Crippen LogP contribution is 2.16. The Labute approximate surface area is 140 Å². The summed E-state index contributed by atoms with van der Waals surface area (Å²) in [6.07, 6.45) is 1.33. The first-order valence-corrected chi connectivity index (χ1v) is 7.97. The number of hydroxylamine groups is 2. The average molecular weight is 325 g/mol. The molecule has 1 fully saturated rings. The molecule has 0 aliphatic carbocycles. The van der Waals surface area contributed by atoms with E-state index in [-0.39, 0.29) is 37.9 Å². The third-order valence-electron chi connectivity index (χ3n) is 3.75. The first-order chi connectivity index (χ1) is 11.7. The van der Waals surface area contributed by atoms with Gasteiger partial charge in [-0.1, -0.05) is 42.5 Å². The first kappa shape index (κ1) is 16.2. The SMILES string of the molecule is O=C1CCC(=O)N1OCCOc1ccc(Cc2ccccc2)cc1. The number of carbonyl (C=O) groups excluding carboxylic acids is 2. The molecule has 1 heterocycles. The van der Waals surface area contributed by atoms with E-state index < -0.39 is 0 Å². The van der Waals surface area contributed by atoms with Crippen LogP contribution in [0.1, 0.15) is 24.0 Å². The van der Waals surface area contributed by atoms with E-state index in [2.05, 4.69) is 12.1 Å². The highest BCUT2D eigenvalue weighted by molar-refractivity contribution is 6.00. The topological polar surface area (TPSA) is 55.8 Å². The van der Waals surface area contributed by atoms with Crippen LogP contribution in [0.3, 0.4) is 0 Å². The van der Waals surface area contributed by atoms with Gasteiger partial charge in [0.1, 0.15) is 19.0 Å². The van der Waals surface area contributed by atoms with Gasteiger partial charge in [-0.15, -0.1) is 0 Å². The molecule has 2 aromatic rings. The number of benzene rings is 2. The molecule has 1 saturated heterocycles. The molecule has 1 aliphatic heterocycles. The van der Waals surface area contributed by atoms with E-state index in [1.165, 1.54) is 11.1 Å². The largest absolute Gasteiger partial charge is 0.491 e. The Kier molecular flexibility index (Phi) is 5.23.